The van der Waals surface area contributed by atoms with E-state index >= 15 is 0 Å². The first-order valence-corrected chi connectivity index (χ1v) is 41.5. The third kappa shape index (κ3) is 67.0. The highest BCUT2D eigenvalue weighted by atomic mass is 31.2. The van der Waals surface area contributed by atoms with Crippen LogP contribution < -0.4 is 0 Å². The molecule has 0 aliphatic heterocycles. The minimum Gasteiger partial charge on any atom is -0.462 e. The van der Waals surface area contributed by atoms with Crippen molar-refractivity contribution in [1.82, 2.24) is 0 Å². The van der Waals surface area contributed by atoms with Crippen molar-refractivity contribution in [2.24, 2.45) is 11.8 Å². The number of hydrogen-bond donors (Lipinski definition) is 3. The third-order valence-corrected chi connectivity index (χ3v) is 19.5. The number of aliphatic hydroxyl groups excluding tert-OH is 1. The lowest BCUT2D eigenvalue weighted by Gasteiger charge is -2.21. The Morgan fingerprint density at radius 2 is 0.548 bits per heavy atom. The summed E-state index contributed by atoms with van der Waals surface area (Å²) in [4.78, 5) is 72.6. The number of hydrogen-bond acceptors (Lipinski definition) is 15. The maximum absolute atomic E-state index is 13.1. The van der Waals surface area contributed by atoms with E-state index in [1.165, 1.54) is 193 Å². The van der Waals surface area contributed by atoms with Crippen molar-refractivity contribution in [3.8, 4) is 0 Å². The lowest BCUT2D eigenvalue weighted by molar-refractivity contribution is -0.161. The molecule has 0 aliphatic carbocycles. The van der Waals surface area contributed by atoms with Gasteiger partial charge in [0.1, 0.15) is 19.3 Å². The molecule has 19 heteroatoms. The molecule has 0 heterocycles. The van der Waals surface area contributed by atoms with Crippen LogP contribution in [0.5, 0.6) is 0 Å². The SMILES string of the molecule is CCCCCCCCCCCCCCCCCCC(=O)OC[C@H](COP(=O)(O)OC[C@@H](O)COP(=O)(O)OC[C@@H](COC(=O)CCCCCCCCCC)OC(=O)CCCCCCCCCCC(C)C)OC(=O)CCCCCCCCCCCCCCCCC(C)CC. The molecular formula is C74H144O17P2. The van der Waals surface area contributed by atoms with Crippen LogP contribution in [-0.2, 0) is 65.4 Å². The number of phosphoric acid groups is 2. The highest BCUT2D eigenvalue weighted by Gasteiger charge is 2.30. The number of phosphoric ester groups is 2. The molecule has 0 aromatic heterocycles. The first-order valence-electron chi connectivity index (χ1n) is 38.5. The van der Waals surface area contributed by atoms with E-state index in [0.29, 0.717) is 25.7 Å². The summed E-state index contributed by atoms with van der Waals surface area (Å²) in [5, 5.41) is 10.6. The van der Waals surface area contributed by atoms with E-state index in [1.54, 1.807) is 0 Å². The molecule has 0 saturated carbocycles. The molecule has 0 rings (SSSR count). The highest BCUT2D eigenvalue weighted by molar-refractivity contribution is 7.47. The van der Waals surface area contributed by atoms with Gasteiger partial charge >= 0.3 is 39.5 Å². The average molecular weight is 1370 g/mol. The zero-order valence-electron chi connectivity index (χ0n) is 60.6. The van der Waals surface area contributed by atoms with Gasteiger partial charge in [0.05, 0.1) is 26.4 Å². The summed E-state index contributed by atoms with van der Waals surface area (Å²) in [7, 11) is -9.90. The monoisotopic (exact) mass is 1370 g/mol. The fourth-order valence-electron chi connectivity index (χ4n) is 11.3. The van der Waals surface area contributed by atoms with E-state index < -0.39 is 97.5 Å². The topological polar surface area (TPSA) is 237 Å². The minimum absolute atomic E-state index is 0.104. The predicted molar refractivity (Wildman–Crippen MR) is 377 cm³/mol. The molecule has 0 aromatic rings. The van der Waals surface area contributed by atoms with Crippen molar-refractivity contribution in [3.05, 3.63) is 0 Å². The first-order chi connectivity index (χ1) is 44.9. The summed E-state index contributed by atoms with van der Waals surface area (Å²) in [5.74, 6) is -0.557. The largest absolute Gasteiger partial charge is 0.472 e. The fourth-order valence-corrected chi connectivity index (χ4v) is 12.8. The molecule has 3 N–H and O–H groups in total. The summed E-state index contributed by atoms with van der Waals surface area (Å²) in [5.41, 5.74) is 0. The molecule has 3 unspecified atom stereocenters. The molecule has 0 amide bonds. The Hall–Kier alpha value is -1.94. The number of esters is 4. The standard InChI is InChI=1S/C74H144O17P2/c1-7-10-12-14-16-18-19-20-21-22-26-29-32-39-45-51-57-72(77)85-63-70(90-73(78)58-52-46-40-33-30-27-24-23-25-28-31-37-43-49-55-67(6)9-3)65-89-93(82,83)87-61-68(75)60-86-92(80,81)88-64-69(62-84-71(76)56-50-44-38-17-15-13-11-8-2)91-74(79)59-53-47-41-35-34-36-42-48-54-66(4)5/h66-70,75H,7-65H2,1-6H3,(H,80,81)(H,82,83)/t67?,68-,69+,70+/m0/s1. The molecule has 93 heavy (non-hydrogen) atoms. The van der Waals surface area contributed by atoms with Gasteiger partial charge < -0.3 is 33.8 Å². The van der Waals surface area contributed by atoms with Crippen LogP contribution in [-0.4, -0.2) is 96.7 Å². The fraction of sp³-hybridized carbons (Fsp3) is 0.946. The summed E-state index contributed by atoms with van der Waals surface area (Å²) in [6.45, 7) is 9.57. The average Bonchev–Trinajstić information content (AvgIpc) is 2.12. The van der Waals surface area contributed by atoms with E-state index in [4.69, 9.17) is 37.0 Å². The molecule has 0 aromatic carbocycles. The van der Waals surface area contributed by atoms with Crippen LogP contribution in [0, 0.1) is 11.8 Å². The molecule has 0 bridgehead atoms. The second-order valence-corrected chi connectivity index (χ2v) is 30.3. The number of aliphatic hydroxyl groups is 1. The van der Waals surface area contributed by atoms with Crippen molar-refractivity contribution in [1.29, 1.82) is 0 Å². The van der Waals surface area contributed by atoms with Crippen molar-refractivity contribution in [2.75, 3.05) is 39.6 Å². The van der Waals surface area contributed by atoms with Crippen LogP contribution in [0.3, 0.4) is 0 Å². The molecule has 0 radical (unpaired) electrons. The van der Waals surface area contributed by atoms with Gasteiger partial charge in [-0.05, 0) is 37.5 Å². The van der Waals surface area contributed by atoms with Crippen molar-refractivity contribution >= 4 is 39.5 Å². The zero-order chi connectivity index (χ0) is 68.6. The van der Waals surface area contributed by atoms with Gasteiger partial charge in [0, 0.05) is 25.7 Å². The smallest absolute Gasteiger partial charge is 0.462 e. The maximum atomic E-state index is 13.1. The molecular weight excluding hydrogens is 1220 g/mol. The summed E-state index contributed by atoms with van der Waals surface area (Å²) >= 11 is 0. The van der Waals surface area contributed by atoms with Crippen molar-refractivity contribution in [2.45, 2.75) is 400 Å². The summed E-state index contributed by atoms with van der Waals surface area (Å²) < 4.78 is 68.4. The predicted octanol–water partition coefficient (Wildman–Crippen LogP) is 21.6. The van der Waals surface area contributed by atoms with Crippen LogP contribution in [0.4, 0.5) is 0 Å². The Morgan fingerprint density at radius 1 is 0.312 bits per heavy atom. The number of rotatable bonds is 73. The van der Waals surface area contributed by atoms with Crippen LogP contribution >= 0.6 is 15.6 Å². The van der Waals surface area contributed by atoms with E-state index in [0.717, 1.165) is 108 Å². The third-order valence-electron chi connectivity index (χ3n) is 17.6. The Kier molecular flexibility index (Phi) is 64.6. The van der Waals surface area contributed by atoms with Crippen LogP contribution in [0.25, 0.3) is 0 Å². The number of carbonyl (C=O) groups excluding carboxylic acids is 4. The summed E-state index contributed by atoms with van der Waals surface area (Å²) in [6.07, 6.45) is 52.8. The Balaban J connectivity index is 5.21. The lowest BCUT2D eigenvalue weighted by atomic mass is 9.99. The number of carbonyl (C=O) groups is 4. The molecule has 6 atom stereocenters. The Morgan fingerprint density at radius 3 is 0.817 bits per heavy atom. The Bertz CT molecular complexity index is 1810. The number of ether oxygens (including phenoxy) is 4. The quantitative estimate of drug-likeness (QED) is 0.0222. The van der Waals surface area contributed by atoms with Gasteiger partial charge in [-0.2, -0.15) is 0 Å². The van der Waals surface area contributed by atoms with Crippen LogP contribution in [0.2, 0.25) is 0 Å². The van der Waals surface area contributed by atoms with Crippen molar-refractivity contribution in [3.63, 3.8) is 0 Å². The van der Waals surface area contributed by atoms with E-state index in [-0.39, 0.29) is 25.7 Å². The second-order valence-electron chi connectivity index (χ2n) is 27.4. The normalized spacial score (nSPS) is 14.3. The van der Waals surface area contributed by atoms with Crippen LogP contribution in [0.15, 0.2) is 0 Å². The molecule has 0 saturated heterocycles. The van der Waals surface area contributed by atoms with Gasteiger partial charge in [0.25, 0.3) is 0 Å². The van der Waals surface area contributed by atoms with E-state index in [9.17, 15) is 43.2 Å². The molecule has 552 valence electrons. The van der Waals surface area contributed by atoms with Gasteiger partial charge in [-0.1, -0.05) is 330 Å². The van der Waals surface area contributed by atoms with Gasteiger partial charge in [-0.25, -0.2) is 9.13 Å². The summed E-state index contributed by atoms with van der Waals surface area (Å²) in [6, 6.07) is 0. The van der Waals surface area contributed by atoms with E-state index in [1.807, 2.05) is 0 Å². The minimum atomic E-state index is -4.96. The molecule has 17 nitrogen and oxygen atoms in total. The van der Waals surface area contributed by atoms with Gasteiger partial charge in [0.2, 0.25) is 0 Å². The van der Waals surface area contributed by atoms with E-state index in [2.05, 4.69) is 41.5 Å². The first kappa shape index (κ1) is 91.1. The van der Waals surface area contributed by atoms with Crippen molar-refractivity contribution < 1.29 is 80.2 Å². The highest BCUT2D eigenvalue weighted by Crippen LogP contribution is 2.45. The van der Waals surface area contributed by atoms with Gasteiger partial charge in [-0.3, -0.25) is 37.3 Å². The molecule has 0 aliphatic rings. The van der Waals surface area contributed by atoms with Gasteiger partial charge in [0.15, 0.2) is 12.2 Å². The van der Waals surface area contributed by atoms with Crippen LogP contribution in [0.1, 0.15) is 382 Å². The number of unbranched alkanes of at least 4 members (excludes halogenated alkanes) is 42. The molecule has 0 fully saturated rings. The van der Waals surface area contributed by atoms with Gasteiger partial charge in [-0.15, -0.1) is 0 Å². The maximum Gasteiger partial charge on any atom is 0.472 e. The Labute approximate surface area is 568 Å². The zero-order valence-corrected chi connectivity index (χ0v) is 62.3. The second kappa shape index (κ2) is 66.0. The molecule has 0 spiro atoms. The lowest BCUT2D eigenvalue weighted by Crippen LogP contribution is -2.30.